The summed E-state index contributed by atoms with van der Waals surface area (Å²) in [5.74, 6) is 1.44. The van der Waals surface area contributed by atoms with E-state index in [-0.39, 0.29) is 24.0 Å². The lowest BCUT2D eigenvalue weighted by Gasteiger charge is -2.30. The van der Waals surface area contributed by atoms with Crippen LogP contribution in [0.4, 0.5) is 0 Å². The van der Waals surface area contributed by atoms with E-state index in [1.54, 1.807) is 14.2 Å². The fourth-order valence-corrected chi connectivity index (χ4v) is 3.41. The number of hydrogen-bond acceptors (Lipinski definition) is 4. The van der Waals surface area contributed by atoms with Crippen molar-refractivity contribution in [3.8, 4) is 5.88 Å². The Labute approximate surface area is 174 Å². The van der Waals surface area contributed by atoms with Gasteiger partial charge in [-0.2, -0.15) is 0 Å². The van der Waals surface area contributed by atoms with Crippen LogP contribution < -0.4 is 15.4 Å². The minimum absolute atomic E-state index is 0. The van der Waals surface area contributed by atoms with Crippen molar-refractivity contribution in [1.82, 2.24) is 15.6 Å². The van der Waals surface area contributed by atoms with Crippen LogP contribution in [0.1, 0.15) is 44.7 Å². The lowest BCUT2D eigenvalue weighted by molar-refractivity contribution is 0.105. The van der Waals surface area contributed by atoms with Gasteiger partial charge in [0.05, 0.1) is 19.3 Å². The number of pyridine rings is 1. The fraction of sp³-hybridized carbons (Fsp3) is 0.684. The van der Waals surface area contributed by atoms with Crippen molar-refractivity contribution in [2.75, 3.05) is 33.9 Å². The van der Waals surface area contributed by atoms with Crippen LogP contribution in [0.5, 0.6) is 5.88 Å². The molecule has 0 bridgehead atoms. The summed E-state index contributed by atoms with van der Waals surface area (Å²) >= 11 is 0. The average Bonchev–Trinajstić information content (AvgIpc) is 3.11. The summed E-state index contributed by atoms with van der Waals surface area (Å²) in [6.07, 6.45) is 6.27. The Morgan fingerprint density at radius 1 is 1.27 bits per heavy atom. The van der Waals surface area contributed by atoms with Crippen molar-refractivity contribution in [1.29, 1.82) is 0 Å². The van der Waals surface area contributed by atoms with Crippen molar-refractivity contribution in [2.24, 2.45) is 10.4 Å². The third kappa shape index (κ3) is 7.26. The van der Waals surface area contributed by atoms with Gasteiger partial charge in [0.15, 0.2) is 5.96 Å². The van der Waals surface area contributed by atoms with Gasteiger partial charge in [0.25, 0.3) is 0 Å². The average molecular weight is 476 g/mol. The smallest absolute Gasteiger partial charge is 0.213 e. The molecule has 0 spiro atoms. The van der Waals surface area contributed by atoms with Gasteiger partial charge in [-0.15, -0.1) is 24.0 Å². The van der Waals surface area contributed by atoms with Gasteiger partial charge in [-0.25, -0.2) is 4.98 Å². The normalized spacial score (nSPS) is 16.0. The highest BCUT2D eigenvalue weighted by Gasteiger charge is 2.33. The van der Waals surface area contributed by atoms with E-state index in [9.17, 15) is 0 Å². The second kappa shape index (κ2) is 12.3. The first-order valence-corrected chi connectivity index (χ1v) is 9.23. The molecule has 1 saturated carbocycles. The lowest BCUT2D eigenvalue weighted by Crippen LogP contribution is -2.43. The molecule has 1 aliphatic carbocycles. The SMILES string of the molecule is CCOCCC1(CNC(=NC)NCc2cccc(OC)n2)CCCC1.I. The number of halogens is 1. The van der Waals surface area contributed by atoms with Crippen molar-refractivity contribution >= 4 is 29.9 Å². The van der Waals surface area contributed by atoms with Gasteiger partial charge in [-0.3, -0.25) is 4.99 Å². The number of guanidine groups is 1. The van der Waals surface area contributed by atoms with Crippen molar-refractivity contribution in [2.45, 2.75) is 45.6 Å². The molecule has 0 unspecified atom stereocenters. The maximum Gasteiger partial charge on any atom is 0.213 e. The number of ether oxygens (including phenoxy) is 2. The Morgan fingerprint density at radius 3 is 2.69 bits per heavy atom. The van der Waals surface area contributed by atoms with Crippen LogP contribution >= 0.6 is 24.0 Å². The molecule has 1 heterocycles. The summed E-state index contributed by atoms with van der Waals surface area (Å²) in [5, 5.41) is 6.84. The van der Waals surface area contributed by atoms with E-state index < -0.39 is 0 Å². The molecule has 1 aromatic heterocycles. The molecule has 26 heavy (non-hydrogen) atoms. The van der Waals surface area contributed by atoms with Crippen molar-refractivity contribution in [3.63, 3.8) is 0 Å². The maximum absolute atomic E-state index is 5.59. The molecule has 7 heteroatoms. The van der Waals surface area contributed by atoms with Crippen LogP contribution in [0, 0.1) is 5.41 Å². The van der Waals surface area contributed by atoms with Crippen LogP contribution in [0.2, 0.25) is 0 Å². The number of aliphatic imine (C=N–C) groups is 1. The molecular formula is C19H33IN4O2. The fourth-order valence-electron chi connectivity index (χ4n) is 3.41. The summed E-state index contributed by atoms with van der Waals surface area (Å²) in [6.45, 7) is 5.24. The molecule has 148 valence electrons. The summed E-state index contributed by atoms with van der Waals surface area (Å²) in [6, 6.07) is 5.77. The number of methoxy groups -OCH3 is 1. The van der Waals surface area contributed by atoms with Gasteiger partial charge in [-0.05, 0) is 37.7 Å². The first kappa shape index (κ1) is 23.0. The molecule has 0 atom stereocenters. The molecule has 6 nitrogen and oxygen atoms in total. The Bertz CT molecular complexity index is 548. The lowest BCUT2D eigenvalue weighted by atomic mass is 9.83. The van der Waals surface area contributed by atoms with E-state index in [4.69, 9.17) is 9.47 Å². The highest BCUT2D eigenvalue weighted by molar-refractivity contribution is 14.0. The van der Waals surface area contributed by atoms with Gasteiger partial charge in [0, 0.05) is 32.9 Å². The quantitative estimate of drug-likeness (QED) is 0.248. The second-order valence-electron chi connectivity index (χ2n) is 6.60. The van der Waals surface area contributed by atoms with Gasteiger partial charge in [0.1, 0.15) is 0 Å². The number of aromatic nitrogens is 1. The predicted molar refractivity (Wildman–Crippen MR) is 116 cm³/mol. The maximum atomic E-state index is 5.59. The standard InChI is InChI=1S/C19H32N4O2.HI/c1-4-25-13-12-19(10-5-6-11-19)15-22-18(20-2)21-14-16-8-7-9-17(23-16)24-3;/h7-9H,4-6,10-15H2,1-3H3,(H2,20,21,22);1H. The molecule has 0 aromatic carbocycles. The topological polar surface area (TPSA) is 67.8 Å². The molecule has 1 aromatic rings. The summed E-state index contributed by atoms with van der Waals surface area (Å²) in [4.78, 5) is 8.75. The zero-order valence-corrected chi connectivity index (χ0v) is 18.5. The van der Waals surface area contributed by atoms with Crippen LogP contribution in [0.3, 0.4) is 0 Å². The van der Waals surface area contributed by atoms with E-state index in [1.807, 2.05) is 18.2 Å². The van der Waals surface area contributed by atoms with Gasteiger partial charge in [0.2, 0.25) is 5.88 Å². The second-order valence-corrected chi connectivity index (χ2v) is 6.60. The van der Waals surface area contributed by atoms with Crippen LogP contribution in [-0.2, 0) is 11.3 Å². The van der Waals surface area contributed by atoms with Gasteiger partial charge >= 0.3 is 0 Å². The van der Waals surface area contributed by atoms with Crippen molar-refractivity contribution in [3.05, 3.63) is 23.9 Å². The predicted octanol–water partition coefficient (Wildman–Crippen LogP) is 3.36. The number of rotatable bonds is 9. The van der Waals surface area contributed by atoms with Crippen LogP contribution in [0.15, 0.2) is 23.2 Å². The molecule has 2 rings (SSSR count). The summed E-state index contributed by atoms with van der Waals surface area (Å²) in [7, 11) is 3.43. The third-order valence-electron chi connectivity index (χ3n) is 4.93. The Morgan fingerprint density at radius 2 is 2.04 bits per heavy atom. The molecule has 0 amide bonds. The number of hydrogen-bond donors (Lipinski definition) is 2. The van der Waals surface area contributed by atoms with E-state index in [0.29, 0.717) is 17.8 Å². The summed E-state index contributed by atoms with van der Waals surface area (Å²) < 4.78 is 10.8. The van der Waals surface area contributed by atoms with Gasteiger partial charge in [-0.1, -0.05) is 18.9 Å². The zero-order chi connectivity index (χ0) is 18.0. The molecule has 1 fully saturated rings. The number of nitrogens with zero attached hydrogens (tertiary/aromatic N) is 2. The molecule has 1 aliphatic rings. The Balaban J connectivity index is 0.00000338. The summed E-state index contributed by atoms with van der Waals surface area (Å²) in [5.41, 5.74) is 1.26. The third-order valence-corrected chi connectivity index (χ3v) is 4.93. The molecule has 0 saturated heterocycles. The monoisotopic (exact) mass is 476 g/mol. The highest BCUT2D eigenvalue weighted by atomic mass is 127. The Hall–Kier alpha value is -1.09. The van der Waals surface area contributed by atoms with Crippen LogP contribution in [-0.4, -0.2) is 44.9 Å². The Kier molecular flexibility index (Phi) is 10.9. The first-order chi connectivity index (χ1) is 12.2. The minimum Gasteiger partial charge on any atom is -0.481 e. The highest BCUT2D eigenvalue weighted by Crippen LogP contribution is 2.40. The van der Waals surface area contributed by atoms with E-state index in [1.165, 1.54) is 25.7 Å². The van der Waals surface area contributed by atoms with E-state index in [0.717, 1.165) is 37.8 Å². The minimum atomic E-state index is 0. The largest absolute Gasteiger partial charge is 0.481 e. The molecular weight excluding hydrogens is 443 g/mol. The van der Waals surface area contributed by atoms with Gasteiger partial charge < -0.3 is 20.1 Å². The van der Waals surface area contributed by atoms with E-state index >= 15 is 0 Å². The molecule has 0 aliphatic heterocycles. The zero-order valence-electron chi connectivity index (χ0n) is 16.2. The molecule has 2 N–H and O–H groups in total. The number of nitrogens with one attached hydrogen (secondary N) is 2. The molecule has 0 radical (unpaired) electrons. The van der Waals surface area contributed by atoms with E-state index in [2.05, 4.69) is 27.5 Å². The van der Waals surface area contributed by atoms with Crippen LogP contribution in [0.25, 0.3) is 0 Å². The first-order valence-electron chi connectivity index (χ1n) is 9.23. The van der Waals surface area contributed by atoms with Crippen molar-refractivity contribution < 1.29 is 9.47 Å².